The lowest BCUT2D eigenvalue weighted by Crippen LogP contribution is -2.16. The number of benzene rings is 2. The van der Waals surface area contributed by atoms with Crippen LogP contribution in [0.25, 0.3) is 10.8 Å². The summed E-state index contributed by atoms with van der Waals surface area (Å²) in [6, 6.07) is 13.3. The lowest BCUT2D eigenvalue weighted by Gasteiger charge is -2.17. The van der Waals surface area contributed by atoms with E-state index in [0.717, 1.165) is 10.9 Å². The highest BCUT2D eigenvalue weighted by atomic mass is 79.9. The van der Waals surface area contributed by atoms with Crippen molar-refractivity contribution >= 4 is 26.7 Å². The van der Waals surface area contributed by atoms with Gasteiger partial charge in [-0.2, -0.15) is 0 Å². The Bertz CT molecular complexity index is 574. The van der Waals surface area contributed by atoms with Gasteiger partial charge in [0.15, 0.2) is 0 Å². The minimum absolute atomic E-state index is 0.343. The summed E-state index contributed by atoms with van der Waals surface area (Å²) >= 11 is 3.50. The molecule has 0 aliphatic heterocycles. The van der Waals surface area contributed by atoms with Crippen molar-refractivity contribution in [3.63, 3.8) is 0 Å². The zero-order chi connectivity index (χ0) is 13.1. The number of hydrogen-bond donors (Lipinski definition) is 1. The van der Waals surface area contributed by atoms with E-state index in [0.29, 0.717) is 6.04 Å². The topological polar surface area (TPSA) is 12.0 Å². The second-order valence-corrected chi connectivity index (χ2v) is 5.67. The van der Waals surface area contributed by atoms with Crippen LogP contribution in [-0.2, 0) is 0 Å². The third-order valence-electron chi connectivity index (χ3n) is 3.13. The highest BCUT2D eigenvalue weighted by Gasteiger charge is 2.09. The number of hydrogen-bond acceptors (Lipinski definition) is 1. The molecule has 1 atom stereocenters. The highest BCUT2D eigenvalue weighted by molar-refractivity contribution is 9.10. The Labute approximate surface area is 117 Å². The smallest absolute Gasteiger partial charge is 0.0355 e. The standard InChI is InChI=1S/C16H18BrN/c1-11(2)8-16(18-3)14-5-4-13-10-15(17)7-6-12(13)9-14/h4-7,9-10,16,18H,1,8H2,2-3H3. The molecule has 2 rings (SSSR count). The van der Waals surface area contributed by atoms with Crippen molar-refractivity contribution in [2.24, 2.45) is 0 Å². The molecule has 2 aromatic carbocycles. The molecule has 0 bridgehead atoms. The Morgan fingerprint density at radius 2 is 1.89 bits per heavy atom. The fraction of sp³-hybridized carbons (Fsp3) is 0.250. The molecule has 94 valence electrons. The van der Waals surface area contributed by atoms with E-state index >= 15 is 0 Å². The van der Waals surface area contributed by atoms with Crippen LogP contribution in [0, 0.1) is 0 Å². The molecular weight excluding hydrogens is 286 g/mol. The molecule has 1 unspecified atom stereocenters. The average Bonchev–Trinajstić information content (AvgIpc) is 2.35. The number of fused-ring (bicyclic) bond motifs is 1. The first-order chi connectivity index (χ1) is 8.60. The predicted molar refractivity (Wildman–Crippen MR) is 82.9 cm³/mol. The molecular formula is C16H18BrN. The average molecular weight is 304 g/mol. The van der Waals surface area contributed by atoms with E-state index in [9.17, 15) is 0 Å². The van der Waals surface area contributed by atoms with Crippen LogP contribution in [0.2, 0.25) is 0 Å². The first-order valence-corrected chi connectivity index (χ1v) is 6.90. The summed E-state index contributed by atoms with van der Waals surface area (Å²) in [5, 5.41) is 5.89. The number of rotatable bonds is 4. The Kier molecular flexibility index (Phi) is 4.20. The first-order valence-electron chi connectivity index (χ1n) is 6.11. The predicted octanol–water partition coefficient (Wildman–Crippen LogP) is 4.83. The van der Waals surface area contributed by atoms with Crippen molar-refractivity contribution < 1.29 is 0 Å². The first kappa shape index (κ1) is 13.3. The summed E-state index contributed by atoms with van der Waals surface area (Å²) in [5.41, 5.74) is 2.51. The van der Waals surface area contributed by atoms with Crippen LogP contribution in [0.5, 0.6) is 0 Å². The molecule has 0 saturated heterocycles. The van der Waals surface area contributed by atoms with Crippen LogP contribution < -0.4 is 5.32 Å². The van der Waals surface area contributed by atoms with E-state index in [1.54, 1.807) is 0 Å². The fourth-order valence-corrected chi connectivity index (χ4v) is 2.57. The lowest BCUT2D eigenvalue weighted by molar-refractivity contribution is 0.590. The maximum atomic E-state index is 4.00. The second-order valence-electron chi connectivity index (χ2n) is 4.75. The Hall–Kier alpha value is -1.12. The molecule has 0 aliphatic rings. The quantitative estimate of drug-likeness (QED) is 0.798. The van der Waals surface area contributed by atoms with Crippen molar-refractivity contribution in [2.75, 3.05) is 7.05 Å². The van der Waals surface area contributed by atoms with Crippen LogP contribution >= 0.6 is 15.9 Å². The van der Waals surface area contributed by atoms with E-state index in [-0.39, 0.29) is 0 Å². The van der Waals surface area contributed by atoms with E-state index < -0.39 is 0 Å². The van der Waals surface area contributed by atoms with Gasteiger partial charge in [-0.15, -0.1) is 6.58 Å². The number of halogens is 1. The third kappa shape index (κ3) is 3.01. The zero-order valence-corrected chi connectivity index (χ0v) is 12.4. The minimum atomic E-state index is 0.343. The van der Waals surface area contributed by atoms with Gasteiger partial charge in [0.1, 0.15) is 0 Å². The largest absolute Gasteiger partial charge is 0.313 e. The van der Waals surface area contributed by atoms with Crippen LogP contribution in [-0.4, -0.2) is 7.05 Å². The number of nitrogens with one attached hydrogen (secondary N) is 1. The van der Waals surface area contributed by atoms with E-state index in [1.165, 1.54) is 21.9 Å². The van der Waals surface area contributed by atoms with Crippen molar-refractivity contribution in [1.29, 1.82) is 0 Å². The second kappa shape index (κ2) is 5.68. The van der Waals surface area contributed by atoms with Crippen molar-refractivity contribution in [2.45, 2.75) is 19.4 Å². The summed E-state index contributed by atoms with van der Waals surface area (Å²) in [6.45, 7) is 6.07. The molecule has 0 saturated carbocycles. The minimum Gasteiger partial charge on any atom is -0.313 e. The molecule has 2 heteroatoms. The Morgan fingerprint density at radius 3 is 2.56 bits per heavy atom. The van der Waals surface area contributed by atoms with Crippen LogP contribution in [0.3, 0.4) is 0 Å². The van der Waals surface area contributed by atoms with Gasteiger partial charge < -0.3 is 5.32 Å². The van der Waals surface area contributed by atoms with Crippen LogP contribution in [0.15, 0.2) is 53.0 Å². The van der Waals surface area contributed by atoms with Gasteiger partial charge in [0, 0.05) is 10.5 Å². The lowest BCUT2D eigenvalue weighted by atomic mass is 9.97. The van der Waals surface area contributed by atoms with Crippen LogP contribution in [0.4, 0.5) is 0 Å². The van der Waals surface area contributed by atoms with Gasteiger partial charge in [-0.25, -0.2) is 0 Å². The monoisotopic (exact) mass is 303 g/mol. The summed E-state index contributed by atoms with van der Waals surface area (Å²) < 4.78 is 1.12. The molecule has 0 spiro atoms. The zero-order valence-electron chi connectivity index (χ0n) is 10.8. The Balaban J connectivity index is 2.39. The summed E-state index contributed by atoms with van der Waals surface area (Å²) in [5.74, 6) is 0. The molecule has 1 N–H and O–H groups in total. The molecule has 18 heavy (non-hydrogen) atoms. The molecule has 1 nitrogen and oxygen atoms in total. The van der Waals surface area contributed by atoms with Crippen LogP contribution in [0.1, 0.15) is 24.9 Å². The summed E-state index contributed by atoms with van der Waals surface area (Å²) in [7, 11) is 2.00. The van der Waals surface area contributed by atoms with Gasteiger partial charge in [-0.05, 0) is 54.9 Å². The van der Waals surface area contributed by atoms with E-state index in [1.807, 2.05) is 7.05 Å². The van der Waals surface area contributed by atoms with Gasteiger partial charge >= 0.3 is 0 Å². The van der Waals surface area contributed by atoms with Gasteiger partial charge in [-0.1, -0.05) is 39.7 Å². The summed E-state index contributed by atoms with van der Waals surface area (Å²) in [6.07, 6.45) is 0.971. The van der Waals surface area contributed by atoms with Gasteiger partial charge in [0.05, 0.1) is 0 Å². The van der Waals surface area contributed by atoms with Crippen molar-refractivity contribution in [3.8, 4) is 0 Å². The molecule has 0 fully saturated rings. The molecule has 0 aliphatic carbocycles. The maximum Gasteiger partial charge on any atom is 0.0355 e. The molecule has 0 aromatic heterocycles. The van der Waals surface area contributed by atoms with Gasteiger partial charge in [-0.3, -0.25) is 0 Å². The maximum absolute atomic E-state index is 4.00. The third-order valence-corrected chi connectivity index (χ3v) is 3.62. The van der Waals surface area contributed by atoms with Gasteiger partial charge in [0.25, 0.3) is 0 Å². The van der Waals surface area contributed by atoms with Crippen molar-refractivity contribution in [3.05, 3.63) is 58.6 Å². The Morgan fingerprint density at radius 1 is 1.22 bits per heavy atom. The fourth-order valence-electron chi connectivity index (χ4n) is 2.19. The normalized spacial score (nSPS) is 12.6. The van der Waals surface area contributed by atoms with E-state index in [2.05, 4.69) is 71.1 Å². The van der Waals surface area contributed by atoms with Crippen molar-refractivity contribution in [1.82, 2.24) is 5.32 Å². The molecule has 2 aromatic rings. The highest BCUT2D eigenvalue weighted by Crippen LogP contribution is 2.26. The van der Waals surface area contributed by atoms with Gasteiger partial charge in [0.2, 0.25) is 0 Å². The summed E-state index contributed by atoms with van der Waals surface area (Å²) in [4.78, 5) is 0. The molecule has 0 heterocycles. The molecule has 0 amide bonds. The molecule has 0 radical (unpaired) electrons. The van der Waals surface area contributed by atoms with E-state index in [4.69, 9.17) is 0 Å². The SMILES string of the molecule is C=C(C)CC(NC)c1ccc2cc(Br)ccc2c1.